The van der Waals surface area contributed by atoms with Gasteiger partial charge in [0.25, 0.3) is 0 Å². The zero-order valence-corrected chi connectivity index (χ0v) is 15.4. The Labute approximate surface area is 160 Å². The normalized spacial score (nSPS) is 17.4. The number of aromatic nitrogens is 2. The quantitative estimate of drug-likeness (QED) is 0.596. The van der Waals surface area contributed by atoms with E-state index in [9.17, 15) is 4.39 Å². The molecule has 0 bridgehead atoms. The van der Waals surface area contributed by atoms with Crippen LogP contribution >= 0.6 is 23.2 Å². The Morgan fingerprint density at radius 2 is 2.04 bits per heavy atom. The minimum absolute atomic E-state index is 0.107. The molecule has 0 aliphatic carbocycles. The largest absolute Gasteiger partial charge is 0.337 e. The lowest BCUT2D eigenvalue weighted by Gasteiger charge is -2.23. The number of benzene rings is 2. The Kier molecular flexibility index (Phi) is 4.94. The second kappa shape index (κ2) is 7.35. The van der Waals surface area contributed by atoms with Crippen LogP contribution in [0.15, 0.2) is 36.7 Å². The summed E-state index contributed by atoms with van der Waals surface area (Å²) in [4.78, 5) is 8.62. The van der Waals surface area contributed by atoms with Crippen molar-refractivity contribution in [2.24, 2.45) is 0 Å². The zero-order chi connectivity index (χ0) is 18.1. The molecule has 0 saturated carbocycles. The topological polar surface area (TPSA) is 49.8 Å². The van der Waals surface area contributed by atoms with E-state index in [1.165, 1.54) is 11.9 Å². The van der Waals surface area contributed by atoms with E-state index >= 15 is 0 Å². The molecular formula is C19H17Cl2FN4. The lowest BCUT2D eigenvalue weighted by Crippen LogP contribution is -2.28. The summed E-state index contributed by atoms with van der Waals surface area (Å²) < 4.78 is 14.4. The van der Waals surface area contributed by atoms with Gasteiger partial charge in [0.2, 0.25) is 0 Å². The smallest absolute Gasteiger partial charge is 0.166 e. The number of piperidine rings is 1. The lowest BCUT2D eigenvalue weighted by molar-refractivity contribution is 0.462. The molecule has 1 saturated heterocycles. The number of nitrogens with one attached hydrogen (secondary N) is 2. The van der Waals surface area contributed by atoms with Gasteiger partial charge in [0.15, 0.2) is 5.82 Å². The van der Waals surface area contributed by atoms with Gasteiger partial charge in [0.05, 0.1) is 21.2 Å². The van der Waals surface area contributed by atoms with Crippen LogP contribution in [0, 0.1) is 5.82 Å². The highest BCUT2D eigenvalue weighted by Gasteiger charge is 2.17. The molecule has 4 rings (SSSR count). The Morgan fingerprint density at radius 1 is 1.15 bits per heavy atom. The number of hydrogen-bond donors (Lipinski definition) is 2. The molecule has 2 heterocycles. The highest BCUT2D eigenvalue weighted by atomic mass is 35.5. The second-order valence-electron chi connectivity index (χ2n) is 6.39. The minimum atomic E-state index is -0.599. The van der Waals surface area contributed by atoms with Gasteiger partial charge in [0.1, 0.15) is 12.1 Å². The van der Waals surface area contributed by atoms with Crippen LogP contribution in [0.1, 0.15) is 24.3 Å². The van der Waals surface area contributed by atoms with Crippen molar-refractivity contribution in [3.05, 3.63) is 58.1 Å². The average Bonchev–Trinajstić information content (AvgIpc) is 2.69. The number of anilines is 2. The summed E-state index contributed by atoms with van der Waals surface area (Å²) in [7, 11) is 0. The SMILES string of the molecule is Fc1c(Nc2ncnc3ccc([C@H]4CCCNC4)cc23)ccc(Cl)c1Cl. The Bertz CT molecular complexity index is 958. The summed E-state index contributed by atoms with van der Waals surface area (Å²) in [5.41, 5.74) is 2.26. The molecule has 1 fully saturated rings. The molecule has 1 aromatic heterocycles. The van der Waals surface area contributed by atoms with Gasteiger partial charge in [-0.2, -0.15) is 0 Å². The third-order valence-electron chi connectivity index (χ3n) is 4.72. The molecule has 0 unspecified atom stereocenters. The molecular weight excluding hydrogens is 374 g/mol. The van der Waals surface area contributed by atoms with Crippen molar-refractivity contribution in [2.75, 3.05) is 18.4 Å². The van der Waals surface area contributed by atoms with Crippen LogP contribution < -0.4 is 10.6 Å². The van der Waals surface area contributed by atoms with Gasteiger partial charge in [-0.1, -0.05) is 29.3 Å². The Hall–Kier alpha value is -1.95. The fourth-order valence-electron chi connectivity index (χ4n) is 3.31. The standard InChI is InChI=1S/C19H17Cl2FN4/c20-14-4-6-16(18(22)17(14)21)26-19-13-8-11(12-2-1-7-23-9-12)3-5-15(13)24-10-25-19/h3-6,8,10,12,23H,1-2,7,9H2,(H,24,25,26)/t12-/m0/s1. The van der Waals surface area contributed by atoms with Crippen LogP contribution in [0.2, 0.25) is 10.0 Å². The zero-order valence-electron chi connectivity index (χ0n) is 13.9. The molecule has 4 nitrogen and oxygen atoms in total. The van der Waals surface area contributed by atoms with Crippen molar-refractivity contribution in [2.45, 2.75) is 18.8 Å². The predicted molar refractivity (Wildman–Crippen MR) is 104 cm³/mol. The van der Waals surface area contributed by atoms with Crippen molar-refractivity contribution in [3.63, 3.8) is 0 Å². The first-order valence-electron chi connectivity index (χ1n) is 8.49. The molecule has 3 aromatic rings. The molecule has 2 N–H and O–H groups in total. The first kappa shape index (κ1) is 17.5. The maximum absolute atomic E-state index is 14.4. The highest BCUT2D eigenvalue weighted by molar-refractivity contribution is 6.42. The van der Waals surface area contributed by atoms with E-state index in [0.29, 0.717) is 11.7 Å². The maximum Gasteiger partial charge on any atom is 0.166 e. The van der Waals surface area contributed by atoms with Crippen LogP contribution in [0.5, 0.6) is 0 Å². The van der Waals surface area contributed by atoms with Crippen LogP contribution in [0.3, 0.4) is 0 Å². The Balaban J connectivity index is 1.74. The Morgan fingerprint density at radius 3 is 2.85 bits per heavy atom. The summed E-state index contributed by atoms with van der Waals surface area (Å²) in [5.74, 6) is 0.402. The maximum atomic E-state index is 14.4. The number of nitrogens with zero attached hydrogens (tertiary/aromatic N) is 2. The number of rotatable bonds is 3. The number of fused-ring (bicyclic) bond motifs is 1. The third-order valence-corrected chi connectivity index (χ3v) is 5.50. The number of halogens is 3. The average molecular weight is 391 g/mol. The van der Waals surface area contributed by atoms with Crippen LogP contribution in [0.25, 0.3) is 10.9 Å². The van der Waals surface area contributed by atoms with E-state index in [1.54, 1.807) is 12.1 Å². The first-order valence-corrected chi connectivity index (χ1v) is 9.25. The molecule has 0 spiro atoms. The molecule has 1 aliphatic heterocycles. The molecule has 26 heavy (non-hydrogen) atoms. The van der Waals surface area contributed by atoms with Gasteiger partial charge >= 0.3 is 0 Å². The van der Waals surface area contributed by atoms with Crippen molar-refractivity contribution in [1.29, 1.82) is 0 Å². The summed E-state index contributed by atoms with van der Waals surface area (Å²) in [5, 5.41) is 7.38. The van der Waals surface area contributed by atoms with Gasteiger partial charge in [-0.15, -0.1) is 0 Å². The van der Waals surface area contributed by atoms with Gasteiger partial charge < -0.3 is 10.6 Å². The van der Waals surface area contributed by atoms with Gasteiger partial charge in [-0.25, -0.2) is 14.4 Å². The van der Waals surface area contributed by atoms with Gasteiger partial charge in [0, 0.05) is 11.9 Å². The van der Waals surface area contributed by atoms with E-state index in [2.05, 4.69) is 32.7 Å². The van der Waals surface area contributed by atoms with Crippen LogP contribution in [-0.4, -0.2) is 23.1 Å². The first-order chi connectivity index (χ1) is 12.6. The van der Waals surface area contributed by atoms with E-state index in [-0.39, 0.29) is 15.7 Å². The summed E-state index contributed by atoms with van der Waals surface area (Å²) >= 11 is 11.8. The molecule has 0 amide bonds. The monoisotopic (exact) mass is 390 g/mol. The van der Waals surface area contributed by atoms with Crippen molar-refractivity contribution in [1.82, 2.24) is 15.3 Å². The minimum Gasteiger partial charge on any atom is -0.337 e. The molecule has 1 aliphatic rings. The number of hydrogen-bond acceptors (Lipinski definition) is 4. The molecule has 7 heteroatoms. The fraction of sp³-hybridized carbons (Fsp3) is 0.263. The fourth-order valence-corrected chi connectivity index (χ4v) is 3.62. The van der Waals surface area contributed by atoms with Crippen LogP contribution in [0.4, 0.5) is 15.9 Å². The molecule has 0 radical (unpaired) electrons. The summed E-state index contributed by atoms with van der Waals surface area (Å²) in [6.45, 7) is 2.03. The molecule has 134 valence electrons. The van der Waals surface area contributed by atoms with Crippen molar-refractivity contribution >= 4 is 45.6 Å². The van der Waals surface area contributed by atoms with E-state index in [1.807, 2.05) is 6.07 Å². The second-order valence-corrected chi connectivity index (χ2v) is 7.18. The predicted octanol–water partition coefficient (Wildman–Crippen LogP) is 5.29. The van der Waals surface area contributed by atoms with Crippen LogP contribution in [-0.2, 0) is 0 Å². The van der Waals surface area contributed by atoms with Crippen molar-refractivity contribution in [3.8, 4) is 0 Å². The van der Waals surface area contributed by atoms with Gasteiger partial charge in [-0.3, -0.25) is 0 Å². The van der Waals surface area contributed by atoms with E-state index in [0.717, 1.165) is 36.8 Å². The van der Waals surface area contributed by atoms with E-state index < -0.39 is 5.82 Å². The summed E-state index contributed by atoms with van der Waals surface area (Å²) in [6.07, 6.45) is 3.77. The van der Waals surface area contributed by atoms with Gasteiger partial charge in [-0.05, 0) is 55.1 Å². The molecule has 2 aromatic carbocycles. The third kappa shape index (κ3) is 3.34. The molecule has 1 atom stereocenters. The van der Waals surface area contributed by atoms with E-state index in [4.69, 9.17) is 23.2 Å². The lowest BCUT2D eigenvalue weighted by atomic mass is 9.91. The summed E-state index contributed by atoms with van der Waals surface area (Å²) in [6, 6.07) is 9.28. The van der Waals surface area contributed by atoms with Crippen molar-refractivity contribution < 1.29 is 4.39 Å². The highest BCUT2D eigenvalue weighted by Crippen LogP contribution is 2.33.